The lowest BCUT2D eigenvalue weighted by atomic mass is 9.99. The zero-order valence-corrected chi connectivity index (χ0v) is 19.6. The van der Waals surface area contributed by atoms with Crippen molar-refractivity contribution in [1.82, 2.24) is 0 Å². The molecule has 198 valence electrons. The van der Waals surface area contributed by atoms with E-state index >= 15 is 0 Å². The largest absolute Gasteiger partial charge is 0.507 e. The molecule has 37 heavy (non-hydrogen) atoms. The third-order valence-electron chi connectivity index (χ3n) is 5.76. The Hall–Kier alpha value is -3.68. The first-order valence-corrected chi connectivity index (χ1v) is 11.4. The second-order valence-corrected chi connectivity index (χ2v) is 8.23. The molecule has 5 atom stereocenters. The number of esters is 1. The second-order valence-electron chi connectivity index (χ2n) is 8.23. The Kier molecular flexibility index (Phi) is 7.95. The molecule has 3 aromatic rings. The highest BCUT2D eigenvalue weighted by atomic mass is 16.7. The fraction of sp³-hybridized carbons (Fsp3) is 0.360. The van der Waals surface area contributed by atoms with E-state index < -0.39 is 54.5 Å². The molecule has 1 fully saturated rings. The van der Waals surface area contributed by atoms with Crippen molar-refractivity contribution in [3.63, 3.8) is 0 Å². The number of aliphatic hydroxyl groups is 4. The van der Waals surface area contributed by atoms with Gasteiger partial charge >= 0.3 is 5.97 Å². The molecule has 2 aromatic carbocycles. The van der Waals surface area contributed by atoms with Gasteiger partial charge in [0, 0.05) is 12.1 Å². The van der Waals surface area contributed by atoms with Crippen molar-refractivity contribution in [1.29, 1.82) is 0 Å². The van der Waals surface area contributed by atoms with E-state index in [9.17, 15) is 35.1 Å². The highest BCUT2D eigenvalue weighted by Crippen LogP contribution is 2.31. The normalized spacial score (nSPS) is 23.5. The third kappa shape index (κ3) is 5.53. The number of aromatic hydroxyl groups is 1. The number of aliphatic hydroxyl groups excluding tert-OH is 4. The Morgan fingerprint density at radius 2 is 1.76 bits per heavy atom. The molecule has 0 amide bonds. The van der Waals surface area contributed by atoms with Crippen molar-refractivity contribution >= 4 is 16.9 Å². The van der Waals surface area contributed by atoms with Crippen LogP contribution in [0.3, 0.4) is 0 Å². The standard InChI is InChI=1S/C25H26O12/c1-2-33-19(28)11-34-14-7-16(27)20-17(8-14)35-10-15(21(20)29)12-3-5-13(6-4-12)36-25-24(32)23(31)22(30)18(9-26)37-25/h3-8,10,18,22-27,30-32H,2,9,11H2,1H3/t18-,22-,23+,24-,25-/m0/s1. The summed E-state index contributed by atoms with van der Waals surface area (Å²) in [7, 11) is 0. The number of ether oxygens (including phenoxy) is 4. The molecule has 1 aliphatic rings. The van der Waals surface area contributed by atoms with Crippen molar-refractivity contribution in [2.45, 2.75) is 37.6 Å². The maximum atomic E-state index is 13.1. The summed E-state index contributed by atoms with van der Waals surface area (Å²) >= 11 is 0. The molecule has 0 unspecified atom stereocenters. The fourth-order valence-corrected chi connectivity index (χ4v) is 3.85. The average Bonchev–Trinajstić information content (AvgIpc) is 2.88. The number of hydrogen-bond acceptors (Lipinski definition) is 12. The summed E-state index contributed by atoms with van der Waals surface area (Å²) < 4.78 is 26.5. The molecule has 0 spiro atoms. The number of phenolic OH excluding ortho intramolecular Hbond substituents is 1. The number of rotatable bonds is 8. The predicted molar refractivity (Wildman–Crippen MR) is 126 cm³/mol. The molecule has 0 bridgehead atoms. The maximum absolute atomic E-state index is 13.1. The number of carbonyl (C=O) groups excluding carboxylic acids is 1. The molecular weight excluding hydrogens is 492 g/mol. The van der Waals surface area contributed by atoms with Crippen molar-refractivity contribution in [3.8, 4) is 28.4 Å². The van der Waals surface area contributed by atoms with Gasteiger partial charge in [0.1, 0.15) is 58.9 Å². The first-order valence-electron chi connectivity index (χ1n) is 11.4. The summed E-state index contributed by atoms with van der Waals surface area (Å²) in [6, 6.07) is 8.59. The number of phenols is 1. The van der Waals surface area contributed by atoms with Crippen molar-refractivity contribution in [2.24, 2.45) is 0 Å². The van der Waals surface area contributed by atoms with Crippen LogP contribution in [0.25, 0.3) is 22.1 Å². The molecule has 0 radical (unpaired) electrons. The third-order valence-corrected chi connectivity index (χ3v) is 5.76. The minimum absolute atomic E-state index is 0.0511. The monoisotopic (exact) mass is 518 g/mol. The summed E-state index contributed by atoms with van der Waals surface area (Å²) in [5.41, 5.74) is 0.106. The lowest BCUT2D eigenvalue weighted by molar-refractivity contribution is -0.277. The van der Waals surface area contributed by atoms with Crippen molar-refractivity contribution < 1.29 is 53.7 Å². The molecule has 2 heterocycles. The molecule has 0 aliphatic carbocycles. The number of fused-ring (bicyclic) bond motifs is 1. The van der Waals surface area contributed by atoms with E-state index in [2.05, 4.69) is 0 Å². The molecule has 1 aromatic heterocycles. The van der Waals surface area contributed by atoms with E-state index in [0.717, 1.165) is 0 Å². The Balaban J connectivity index is 1.53. The Bertz CT molecular complexity index is 1300. The Morgan fingerprint density at radius 3 is 2.43 bits per heavy atom. The first-order chi connectivity index (χ1) is 17.7. The summed E-state index contributed by atoms with van der Waals surface area (Å²) in [6.45, 7) is 0.891. The predicted octanol–water partition coefficient (Wildman–Crippen LogP) is 0.286. The van der Waals surface area contributed by atoms with E-state index in [1.54, 1.807) is 6.92 Å². The highest BCUT2D eigenvalue weighted by molar-refractivity contribution is 5.88. The average molecular weight is 518 g/mol. The minimum atomic E-state index is -1.58. The Labute approximate surface area is 209 Å². The summed E-state index contributed by atoms with van der Waals surface area (Å²) in [5.74, 6) is -0.652. The van der Waals surface area contributed by atoms with Crippen molar-refractivity contribution in [2.75, 3.05) is 19.8 Å². The van der Waals surface area contributed by atoms with Crippen LogP contribution in [0.1, 0.15) is 6.92 Å². The van der Waals surface area contributed by atoms with Crippen LogP contribution in [0.5, 0.6) is 17.2 Å². The van der Waals surface area contributed by atoms with Crippen LogP contribution < -0.4 is 14.9 Å². The van der Waals surface area contributed by atoms with E-state index in [4.69, 9.17) is 23.4 Å². The van der Waals surface area contributed by atoms with Crippen LogP contribution in [0.15, 0.2) is 51.9 Å². The lowest BCUT2D eigenvalue weighted by Gasteiger charge is -2.39. The van der Waals surface area contributed by atoms with Crippen LogP contribution in [-0.2, 0) is 14.3 Å². The van der Waals surface area contributed by atoms with E-state index in [1.807, 2.05) is 0 Å². The van der Waals surface area contributed by atoms with Crippen LogP contribution in [0, 0.1) is 0 Å². The van der Waals surface area contributed by atoms with Crippen LogP contribution in [-0.4, -0.2) is 82.0 Å². The van der Waals surface area contributed by atoms with Gasteiger partial charge in [-0.3, -0.25) is 4.79 Å². The number of carbonyl (C=O) groups is 1. The van der Waals surface area contributed by atoms with Crippen LogP contribution >= 0.6 is 0 Å². The van der Waals surface area contributed by atoms with Gasteiger partial charge in [-0.2, -0.15) is 0 Å². The number of benzene rings is 2. The first kappa shape index (κ1) is 26.4. The fourth-order valence-electron chi connectivity index (χ4n) is 3.85. The van der Waals surface area contributed by atoms with Gasteiger partial charge in [0.05, 0.1) is 18.8 Å². The van der Waals surface area contributed by atoms with Gasteiger partial charge in [-0.15, -0.1) is 0 Å². The molecule has 12 nitrogen and oxygen atoms in total. The quantitative estimate of drug-likeness (QED) is 0.257. The molecule has 5 N–H and O–H groups in total. The Morgan fingerprint density at radius 1 is 1.03 bits per heavy atom. The molecule has 4 rings (SSSR count). The molecule has 1 aliphatic heterocycles. The van der Waals surface area contributed by atoms with E-state index in [1.165, 1.54) is 42.7 Å². The SMILES string of the molecule is CCOC(=O)COc1cc(O)c2c(=O)c(-c3ccc(O[C@H]4O[C@@H](CO)[C@H](O)[C@@H](O)[C@@H]4O)cc3)coc2c1. The summed E-state index contributed by atoms with van der Waals surface area (Å²) in [5, 5.41) is 49.6. The molecule has 12 heteroatoms. The second kappa shape index (κ2) is 11.2. The lowest BCUT2D eigenvalue weighted by Crippen LogP contribution is -2.60. The zero-order valence-electron chi connectivity index (χ0n) is 19.6. The van der Waals surface area contributed by atoms with E-state index in [0.29, 0.717) is 5.56 Å². The van der Waals surface area contributed by atoms with Gasteiger partial charge in [-0.1, -0.05) is 12.1 Å². The van der Waals surface area contributed by atoms with Gasteiger partial charge in [-0.25, -0.2) is 4.79 Å². The molecule has 1 saturated heterocycles. The van der Waals surface area contributed by atoms with Gasteiger partial charge in [0.15, 0.2) is 6.61 Å². The zero-order chi connectivity index (χ0) is 26.7. The maximum Gasteiger partial charge on any atom is 0.344 e. The van der Waals surface area contributed by atoms with E-state index in [-0.39, 0.29) is 41.2 Å². The smallest absolute Gasteiger partial charge is 0.344 e. The van der Waals surface area contributed by atoms with Gasteiger partial charge in [0.2, 0.25) is 11.7 Å². The minimum Gasteiger partial charge on any atom is -0.507 e. The topological polar surface area (TPSA) is 185 Å². The van der Waals surface area contributed by atoms with Crippen LogP contribution in [0.2, 0.25) is 0 Å². The van der Waals surface area contributed by atoms with Gasteiger partial charge in [0.25, 0.3) is 0 Å². The molecular formula is C25H26O12. The van der Waals surface area contributed by atoms with Crippen molar-refractivity contribution in [3.05, 3.63) is 52.9 Å². The van der Waals surface area contributed by atoms with Gasteiger partial charge < -0.3 is 48.9 Å². The number of hydrogen-bond donors (Lipinski definition) is 5. The van der Waals surface area contributed by atoms with Gasteiger partial charge in [-0.05, 0) is 24.6 Å². The molecule has 0 saturated carbocycles. The summed E-state index contributed by atoms with van der Waals surface area (Å²) in [4.78, 5) is 24.6. The highest BCUT2D eigenvalue weighted by Gasteiger charge is 2.44. The van der Waals surface area contributed by atoms with Crippen LogP contribution in [0.4, 0.5) is 0 Å². The summed E-state index contributed by atoms with van der Waals surface area (Å²) in [6.07, 6.45) is -5.92.